The largest absolute Gasteiger partial charge is 0.497 e. The Morgan fingerprint density at radius 1 is 0.939 bits per heavy atom. The van der Waals surface area contributed by atoms with Crippen molar-refractivity contribution in [3.63, 3.8) is 0 Å². The van der Waals surface area contributed by atoms with Crippen LogP contribution in [-0.4, -0.2) is 12.9 Å². The summed E-state index contributed by atoms with van der Waals surface area (Å²) in [6.07, 6.45) is 3.20. The third-order valence-electron chi connectivity index (χ3n) is 5.16. The van der Waals surface area contributed by atoms with Crippen molar-refractivity contribution in [2.45, 2.75) is 16.4 Å². The molecule has 1 aliphatic heterocycles. The summed E-state index contributed by atoms with van der Waals surface area (Å²) in [5.74, 6) is 2.68. The summed E-state index contributed by atoms with van der Waals surface area (Å²) >= 11 is 1.70. The Balaban J connectivity index is 1.21. The molecule has 0 saturated heterocycles. The first-order chi connectivity index (χ1) is 16.2. The van der Waals surface area contributed by atoms with Crippen LogP contribution in [0.25, 0.3) is 6.08 Å². The van der Waals surface area contributed by atoms with Crippen LogP contribution in [0.3, 0.4) is 0 Å². The van der Waals surface area contributed by atoms with Gasteiger partial charge in [-0.1, -0.05) is 23.9 Å². The number of anilines is 2. The molecule has 1 aromatic heterocycles. The summed E-state index contributed by atoms with van der Waals surface area (Å²) in [5, 5.41) is 3.41. The lowest BCUT2D eigenvalue weighted by Crippen LogP contribution is -2.02. The van der Waals surface area contributed by atoms with Crippen LogP contribution in [0, 0.1) is 0 Å². The number of carbonyl (C=O) groups excluding carboxylic acids is 1. The first kappa shape index (κ1) is 21.0. The number of para-hydroxylation sites is 1. The van der Waals surface area contributed by atoms with Crippen molar-refractivity contribution in [3.8, 4) is 11.5 Å². The summed E-state index contributed by atoms with van der Waals surface area (Å²) < 4.78 is 16.6. The van der Waals surface area contributed by atoms with Gasteiger partial charge in [-0.25, -0.2) is 0 Å². The number of ether oxygens (including phenoxy) is 2. The molecule has 1 aliphatic rings. The number of carbonyl (C=O) groups is 1. The van der Waals surface area contributed by atoms with Crippen molar-refractivity contribution in [1.82, 2.24) is 0 Å². The second-order valence-corrected chi connectivity index (χ2v) is 8.48. The van der Waals surface area contributed by atoms with Crippen LogP contribution in [0.5, 0.6) is 11.5 Å². The molecule has 0 radical (unpaired) electrons. The van der Waals surface area contributed by atoms with Gasteiger partial charge in [-0.15, -0.1) is 0 Å². The van der Waals surface area contributed by atoms with Crippen LogP contribution in [-0.2, 0) is 6.61 Å². The van der Waals surface area contributed by atoms with Crippen LogP contribution in [0.2, 0.25) is 0 Å². The Morgan fingerprint density at radius 2 is 1.73 bits per heavy atom. The predicted molar refractivity (Wildman–Crippen MR) is 130 cm³/mol. The van der Waals surface area contributed by atoms with Crippen LogP contribution in [0.15, 0.2) is 99.1 Å². The molecule has 0 unspecified atom stereocenters. The van der Waals surface area contributed by atoms with Gasteiger partial charge in [0.1, 0.15) is 29.6 Å². The molecule has 1 N–H and O–H groups in total. The summed E-state index contributed by atoms with van der Waals surface area (Å²) in [7, 11) is 1.62. The van der Waals surface area contributed by atoms with Gasteiger partial charge in [0.15, 0.2) is 5.78 Å². The number of hydrogen-bond acceptors (Lipinski definition) is 6. The molecule has 6 heteroatoms. The normalized spacial score (nSPS) is 12.0. The molecule has 0 aliphatic carbocycles. The summed E-state index contributed by atoms with van der Waals surface area (Å²) in [6.45, 7) is 0.295. The number of methoxy groups -OCH3 is 1. The van der Waals surface area contributed by atoms with E-state index in [0.29, 0.717) is 23.7 Å². The summed E-state index contributed by atoms with van der Waals surface area (Å²) in [4.78, 5) is 15.0. The van der Waals surface area contributed by atoms with Crippen molar-refractivity contribution >= 4 is 35.0 Å². The standard InChI is InChI=1S/C27H21NO4S/c1-30-19-7-9-20(10-8-19)31-17-22-12-11-21(32-22)13-14-25(29)18-6-15-27-24(16-18)28-23-4-2-3-5-26(23)33-27/h2-16,28H,17H2,1H3/b14-13+. The third kappa shape index (κ3) is 4.81. The van der Waals surface area contributed by atoms with E-state index in [1.54, 1.807) is 24.9 Å². The van der Waals surface area contributed by atoms with Gasteiger partial charge in [0.05, 0.1) is 18.5 Å². The average Bonchev–Trinajstić information content (AvgIpc) is 3.32. The van der Waals surface area contributed by atoms with Gasteiger partial charge >= 0.3 is 0 Å². The fraction of sp³-hybridized carbons (Fsp3) is 0.0741. The molecule has 3 aromatic carbocycles. The van der Waals surface area contributed by atoms with E-state index in [-0.39, 0.29) is 5.78 Å². The quantitative estimate of drug-likeness (QED) is 0.211. The van der Waals surface area contributed by atoms with Gasteiger partial charge in [-0.05, 0) is 78.9 Å². The second-order valence-electron chi connectivity index (χ2n) is 7.40. The maximum atomic E-state index is 12.7. The zero-order chi connectivity index (χ0) is 22.6. The molecule has 4 aromatic rings. The summed E-state index contributed by atoms with van der Waals surface area (Å²) in [6, 6.07) is 24.9. The third-order valence-corrected chi connectivity index (χ3v) is 6.31. The molecule has 2 heterocycles. The molecular formula is C27H21NO4S. The molecule has 0 saturated carbocycles. The Hall–Kier alpha value is -3.90. The maximum Gasteiger partial charge on any atom is 0.186 e. The number of nitrogens with one attached hydrogen (secondary N) is 1. The van der Waals surface area contributed by atoms with Crippen molar-refractivity contribution in [3.05, 3.63) is 102 Å². The Kier molecular flexibility index (Phi) is 5.91. The highest BCUT2D eigenvalue weighted by atomic mass is 32.2. The molecule has 5 nitrogen and oxygen atoms in total. The first-order valence-corrected chi connectivity index (χ1v) is 11.3. The minimum atomic E-state index is -0.0871. The first-order valence-electron chi connectivity index (χ1n) is 10.4. The molecule has 164 valence electrons. The molecule has 5 rings (SSSR count). The lowest BCUT2D eigenvalue weighted by atomic mass is 10.1. The number of allylic oxidation sites excluding steroid dienone is 1. The van der Waals surface area contributed by atoms with Crippen molar-refractivity contribution < 1.29 is 18.7 Å². The van der Waals surface area contributed by atoms with E-state index in [9.17, 15) is 4.79 Å². The van der Waals surface area contributed by atoms with E-state index >= 15 is 0 Å². The molecule has 33 heavy (non-hydrogen) atoms. The average molecular weight is 456 g/mol. The highest BCUT2D eigenvalue weighted by molar-refractivity contribution is 7.99. The molecule has 0 bridgehead atoms. The molecule has 0 fully saturated rings. The van der Waals surface area contributed by atoms with E-state index in [1.165, 1.54) is 11.0 Å². The fourth-order valence-corrected chi connectivity index (χ4v) is 4.40. The monoisotopic (exact) mass is 455 g/mol. The van der Waals surface area contributed by atoms with Crippen LogP contribution < -0.4 is 14.8 Å². The number of benzene rings is 3. The number of fused-ring (bicyclic) bond motifs is 2. The summed E-state index contributed by atoms with van der Waals surface area (Å²) in [5.41, 5.74) is 2.61. The zero-order valence-electron chi connectivity index (χ0n) is 17.9. The maximum absolute atomic E-state index is 12.7. The van der Waals surface area contributed by atoms with E-state index in [4.69, 9.17) is 13.9 Å². The van der Waals surface area contributed by atoms with Crippen LogP contribution >= 0.6 is 11.8 Å². The van der Waals surface area contributed by atoms with Gasteiger partial charge < -0.3 is 19.2 Å². The number of ketones is 1. The van der Waals surface area contributed by atoms with Gasteiger partial charge in [0.25, 0.3) is 0 Å². The number of hydrogen-bond donors (Lipinski definition) is 1. The van der Waals surface area contributed by atoms with E-state index in [1.807, 2.05) is 72.8 Å². The van der Waals surface area contributed by atoms with Crippen molar-refractivity contribution in [2.75, 3.05) is 12.4 Å². The molecule has 0 atom stereocenters. The Morgan fingerprint density at radius 3 is 2.58 bits per heavy atom. The predicted octanol–water partition coefficient (Wildman–Crippen LogP) is 6.97. The van der Waals surface area contributed by atoms with Gasteiger partial charge in [-0.2, -0.15) is 0 Å². The minimum Gasteiger partial charge on any atom is -0.497 e. The fourth-order valence-electron chi connectivity index (χ4n) is 3.43. The van der Waals surface area contributed by atoms with E-state index in [0.717, 1.165) is 27.8 Å². The smallest absolute Gasteiger partial charge is 0.186 e. The SMILES string of the molecule is COc1ccc(OCc2ccc(/C=C/C(=O)c3ccc4c(c3)Nc3ccccc3S4)o2)cc1. The van der Waals surface area contributed by atoms with Crippen LogP contribution in [0.4, 0.5) is 11.4 Å². The highest BCUT2D eigenvalue weighted by Gasteiger charge is 2.16. The van der Waals surface area contributed by atoms with E-state index < -0.39 is 0 Å². The number of rotatable bonds is 7. The van der Waals surface area contributed by atoms with Crippen molar-refractivity contribution in [1.29, 1.82) is 0 Å². The lowest BCUT2D eigenvalue weighted by Gasteiger charge is -2.20. The Bertz CT molecular complexity index is 1320. The van der Waals surface area contributed by atoms with Crippen LogP contribution in [0.1, 0.15) is 21.9 Å². The molecular weight excluding hydrogens is 434 g/mol. The number of furan rings is 1. The van der Waals surface area contributed by atoms with Crippen molar-refractivity contribution in [2.24, 2.45) is 0 Å². The van der Waals surface area contributed by atoms with Gasteiger partial charge in [0.2, 0.25) is 0 Å². The lowest BCUT2D eigenvalue weighted by molar-refractivity contribution is 0.104. The zero-order valence-corrected chi connectivity index (χ0v) is 18.7. The second kappa shape index (κ2) is 9.30. The van der Waals surface area contributed by atoms with Gasteiger partial charge in [0, 0.05) is 15.4 Å². The topological polar surface area (TPSA) is 60.7 Å². The van der Waals surface area contributed by atoms with E-state index in [2.05, 4.69) is 11.4 Å². The molecule has 0 spiro atoms. The molecule has 0 amide bonds. The Labute approximate surface area is 196 Å². The highest BCUT2D eigenvalue weighted by Crippen LogP contribution is 2.44. The van der Waals surface area contributed by atoms with Gasteiger partial charge in [-0.3, -0.25) is 4.79 Å². The minimum absolute atomic E-state index is 0.0871.